The Bertz CT molecular complexity index is 751. The van der Waals surface area contributed by atoms with Crippen molar-refractivity contribution in [3.8, 4) is 11.5 Å². The van der Waals surface area contributed by atoms with Crippen molar-refractivity contribution in [1.29, 1.82) is 0 Å². The van der Waals surface area contributed by atoms with Crippen molar-refractivity contribution in [1.82, 2.24) is 4.98 Å². The Labute approximate surface area is 134 Å². The highest BCUT2D eigenvalue weighted by Gasteiger charge is 2.35. The number of pyridine rings is 1. The molecular formula is C14H11ClF3N3O2. The Kier molecular flexibility index (Phi) is 4.65. The van der Waals surface area contributed by atoms with E-state index in [1.54, 1.807) is 0 Å². The summed E-state index contributed by atoms with van der Waals surface area (Å²) in [6.07, 6.45) is -2.42. The van der Waals surface area contributed by atoms with Gasteiger partial charge in [-0.25, -0.2) is 4.98 Å². The number of phenols is 2. The third-order valence-electron chi connectivity index (χ3n) is 2.83. The first-order valence-electron chi connectivity index (χ1n) is 6.21. The third-order valence-corrected chi connectivity index (χ3v) is 3.04. The lowest BCUT2D eigenvalue weighted by Gasteiger charge is -2.17. The molecule has 0 unspecified atom stereocenters. The number of benzene rings is 1. The van der Waals surface area contributed by atoms with Gasteiger partial charge in [0.1, 0.15) is 17.1 Å². The maximum atomic E-state index is 13.0. The Balaban J connectivity index is 2.34. The van der Waals surface area contributed by atoms with E-state index in [0.29, 0.717) is 0 Å². The van der Waals surface area contributed by atoms with Gasteiger partial charge in [0.2, 0.25) is 0 Å². The SMILES string of the molecule is CN(N=Cc1ccc(O)cc1O)c1ncc(Cl)cc1C(F)(F)F. The second kappa shape index (κ2) is 6.33. The van der Waals surface area contributed by atoms with Crippen molar-refractivity contribution >= 4 is 23.6 Å². The number of aromatic hydroxyl groups is 2. The monoisotopic (exact) mass is 345 g/mol. The number of rotatable bonds is 3. The number of nitrogens with zero attached hydrogens (tertiary/aromatic N) is 3. The van der Waals surface area contributed by atoms with Crippen LogP contribution in [-0.2, 0) is 6.18 Å². The first-order chi connectivity index (χ1) is 10.7. The molecule has 1 aromatic heterocycles. The van der Waals surface area contributed by atoms with E-state index in [2.05, 4.69) is 10.1 Å². The number of alkyl halides is 3. The molecule has 0 bridgehead atoms. The summed E-state index contributed by atoms with van der Waals surface area (Å²) < 4.78 is 39.0. The molecule has 0 aliphatic rings. The number of phenolic OH excluding ortho intramolecular Hbond substituents is 2. The molecule has 0 radical (unpaired) electrons. The molecule has 5 nitrogen and oxygen atoms in total. The number of halogens is 4. The molecule has 0 spiro atoms. The lowest BCUT2D eigenvalue weighted by molar-refractivity contribution is -0.137. The van der Waals surface area contributed by atoms with Gasteiger partial charge in [-0.3, -0.25) is 5.01 Å². The molecule has 1 aromatic carbocycles. The van der Waals surface area contributed by atoms with E-state index in [9.17, 15) is 23.4 Å². The molecule has 122 valence electrons. The second-order valence-corrected chi connectivity index (χ2v) is 4.97. The van der Waals surface area contributed by atoms with Crippen LogP contribution in [0.4, 0.5) is 19.0 Å². The molecule has 0 atom stereocenters. The topological polar surface area (TPSA) is 69.0 Å². The van der Waals surface area contributed by atoms with E-state index in [0.717, 1.165) is 29.6 Å². The fourth-order valence-electron chi connectivity index (χ4n) is 1.74. The van der Waals surface area contributed by atoms with Crippen LogP contribution in [-0.4, -0.2) is 28.5 Å². The normalized spacial score (nSPS) is 11.9. The molecule has 0 saturated carbocycles. The Morgan fingerprint density at radius 3 is 2.57 bits per heavy atom. The van der Waals surface area contributed by atoms with Gasteiger partial charge < -0.3 is 10.2 Å². The highest BCUT2D eigenvalue weighted by Crippen LogP contribution is 2.36. The van der Waals surface area contributed by atoms with Crippen molar-refractivity contribution in [2.24, 2.45) is 5.10 Å². The van der Waals surface area contributed by atoms with Crippen LogP contribution in [0.1, 0.15) is 11.1 Å². The molecule has 0 fully saturated rings. The average molecular weight is 346 g/mol. The number of hydrazone groups is 1. The van der Waals surface area contributed by atoms with Gasteiger partial charge in [-0.15, -0.1) is 0 Å². The molecule has 23 heavy (non-hydrogen) atoms. The second-order valence-electron chi connectivity index (χ2n) is 4.53. The summed E-state index contributed by atoms with van der Waals surface area (Å²) in [5, 5.41) is 23.4. The summed E-state index contributed by atoms with van der Waals surface area (Å²) in [6, 6.07) is 4.52. The molecule has 2 rings (SSSR count). The molecule has 2 N–H and O–H groups in total. The summed E-state index contributed by atoms with van der Waals surface area (Å²) in [5.41, 5.74) is -0.809. The number of aromatic nitrogens is 1. The zero-order valence-electron chi connectivity index (χ0n) is 11.7. The predicted octanol–water partition coefficient (Wildman–Crippen LogP) is 3.64. The van der Waals surface area contributed by atoms with E-state index >= 15 is 0 Å². The summed E-state index contributed by atoms with van der Waals surface area (Å²) in [5.74, 6) is -0.842. The highest BCUT2D eigenvalue weighted by atomic mass is 35.5. The van der Waals surface area contributed by atoms with E-state index < -0.39 is 17.6 Å². The van der Waals surface area contributed by atoms with Gasteiger partial charge in [-0.05, 0) is 18.2 Å². The molecule has 0 aliphatic carbocycles. The first-order valence-corrected chi connectivity index (χ1v) is 6.58. The van der Waals surface area contributed by atoms with Gasteiger partial charge in [-0.1, -0.05) is 11.6 Å². The number of hydrogen-bond acceptors (Lipinski definition) is 5. The Morgan fingerprint density at radius 2 is 1.96 bits per heavy atom. The zero-order chi connectivity index (χ0) is 17.2. The maximum Gasteiger partial charge on any atom is 0.420 e. The van der Waals surface area contributed by atoms with E-state index in [-0.39, 0.29) is 22.1 Å². The van der Waals surface area contributed by atoms with Crippen LogP contribution in [0.2, 0.25) is 5.02 Å². The predicted molar refractivity (Wildman–Crippen MR) is 80.0 cm³/mol. The van der Waals surface area contributed by atoms with Crippen LogP contribution in [0.5, 0.6) is 11.5 Å². The van der Waals surface area contributed by atoms with Gasteiger partial charge in [0.05, 0.1) is 11.2 Å². The van der Waals surface area contributed by atoms with Crippen molar-refractivity contribution in [3.63, 3.8) is 0 Å². The van der Waals surface area contributed by atoms with Crippen LogP contribution < -0.4 is 5.01 Å². The molecule has 0 saturated heterocycles. The third kappa shape index (κ3) is 4.04. The minimum absolute atomic E-state index is 0.144. The fraction of sp³-hybridized carbons (Fsp3) is 0.143. The van der Waals surface area contributed by atoms with Crippen LogP contribution in [0, 0.1) is 0 Å². The summed E-state index contributed by atoms with van der Waals surface area (Å²) in [6.45, 7) is 0. The standard InChI is InChI=1S/C14H11ClF3N3O2/c1-21(20-6-8-2-3-10(22)5-12(8)23)13-11(14(16,17)18)4-9(15)7-19-13/h2-7,22-23H,1H3. The van der Waals surface area contributed by atoms with Crippen molar-refractivity contribution < 1.29 is 23.4 Å². The molecule has 0 amide bonds. The van der Waals surface area contributed by atoms with Crippen LogP contribution >= 0.6 is 11.6 Å². The average Bonchev–Trinajstić information content (AvgIpc) is 2.45. The molecule has 2 aromatic rings. The number of hydrogen-bond donors (Lipinski definition) is 2. The molecule has 0 aliphatic heterocycles. The van der Waals surface area contributed by atoms with Gasteiger partial charge >= 0.3 is 6.18 Å². The highest BCUT2D eigenvalue weighted by molar-refractivity contribution is 6.30. The van der Waals surface area contributed by atoms with Gasteiger partial charge in [0.15, 0.2) is 5.82 Å². The van der Waals surface area contributed by atoms with E-state index in [1.807, 2.05) is 0 Å². The van der Waals surface area contributed by atoms with Crippen LogP contribution in [0.15, 0.2) is 35.6 Å². The zero-order valence-corrected chi connectivity index (χ0v) is 12.5. The molecular weight excluding hydrogens is 335 g/mol. The van der Waals surface area contributed by atoms with Crippen molar-refractivity contribution in [3.05, 3.63) is 46.6 Å². The minimum Gasteiger partial charge on any atom is -0.508 e. The largest absolute Gasteiger partial charge is 0.508 e. The van der Waals surface area contributed by atoms with Crippen molar-refractivity contribution in [2.45, 2.75) is 6.18 Å². The van der Waals surface area contributed by atoms with Crippen LogP contribution in [0.25, 0.3) is 0 Å². The summed E-state index contributed by atoms with van der Waals surface area (Å²) in [4.78, 5) is 3.65. The quantitative estimate of drug-likeness (QED) is 0.658. The minimum atomic E-state index is -4.64. The smallest absolute Gasteiger partial charge is 0.420 e. The first kappa shape index (κ1) is 16.9. The van der Waals surface area contributed by atoms with Gasteiger partial charge in [0, 0.05) is 24.9 Å². The molecule has 9 heteroatoms. The lowest BCUT2D eigenvalue weighted by atomic mass is 10.2. The maximum absolute atomic E-state index is 13.0. The lowest BCUT2D eigenvalue weighted by Crippen LogP contribution is -2.18. The van der Waals surface area contributed by atoms with Gasteiger partial charge in [-0.2, -0.15) is 18.3 Å². The Morgan fingerprint density at radius 1 is 1.26 bits per heavy atom. The van der Waals surface area contributed by atoms with E-state index in [4.69, 9.17) is 11.6 Å². The van der Waals surface area contributed by atoms with Crippen molar-refractivity contribution in [2.75, 3.05) is 12.1 Å². The number of anilines is 1. The summed E-state index contributed by atoms with van der Waals surface area (Å²) >= 11 is 5.56. The summed E-state index contributed by atoms with van der Waals surface area (Å²) in [7, 11) is 1.28. The van der Waals surface area contributed by atoms with Crippen LogP contribution in [0.3, 0.4) is 0 Å². The van der Waals surface area contributed by atoms with E-state index in [1.165, 1.54) is 19.2 Å². The van der Waals surface area contributed by atoms with Gasteiger partial charge in [0.25, 0.3) is 0 Å². The Hall–Kier alpha value is -2.48. The fourth-order valence-corrected chi connectivity index (χ4v) is 1.90. The molecule has 1 heterocycles.